The number of rotatable bonds is 7. The van der Waals surface area contributed by atoms with Crippen LogP contribution in [-0.2, 0) is 14.8 Å². The largest absolute Gasteiger partial charge is 0.325 e. The maximum Gasteiger partial charge on any atom is 0.264 e. The second kappa shape index (κ2) is 9.57. The first kappa shape index (κ1) is 23.5. The van der Waals surface area contributed by atoms with Crippen LogP contribution in [0.2, 0.25) is 0 Å². The van der Waals surface area contributed by atoms with Gasteiger partial charge >= 0.3 is 0 Å². The van der Waals surface area contributed by atoms with E-state index in [1.807, 2.05) is 51.1 Å². The van der Waals surface area contributed by atoms with E-state index < -0.39 is 15.9 Å². The minimum atomic E-state index is -3.93. The number of carbonyl (C=O) groups excluding carboxylic acids is 1. The number of nitrogens with zero attached hydrogens (tertiary/aromatic N) is 1. The number of carbonyl (C=O) groups is 1. The van der Waals surface area contributed by atoms with Crippen molar-refractivity contribution < 1.29 is 13.2 Å². The van der Waals surface area contributed by atoms with Crippen molar-refractivity contribution in [1.82, 2.24) is 0 Å². The molecule has 0 bridgehead atoms. The van der Waals surface area contributed by atoms with E-state index >= 15 is 0 Å². The molecule has 5 nitrogen and oxygen atoms in total. The lowest BCUT2D eigenvalue weighted by Crippen LogP contribution is -2.38. The topological polar surface area (TPSA) is 66.5 Å². The number of aryl methyl sites for hydroxylation is 3. The van der Waals surface area contributed by atoms with E-state index in [0.717, 1.165) is 16.7 Å². The third-order valence-electron chi connectivity index (χ3n) is 5.54. The van der Waals surface area contributed by atoms with E-state index in [0.29, 0.717) is 17.3 Å². The second-order valence-corrected chi connectivity index (χ2v) is 10.3. The summed E-state index contributed by atoms with van der Waals surface area (Å²) in [5.74, 6) is -0.0177. The third-order valence-corrected chi connectivity index (χ3v) is 7.32. The Morgan fingerprint density at radius 2 is 1.50 bits per heavy atom. The van der Waals surface area contributed by atoms with Crippen LogP contribution < -0.4 is 9.62 Å². The smallest absolute Gasteiger partial charge is 0.264 e. The summed E-state index contributed by atoms with van der Waals surface area (Å²) in [6.07, 6.45) is 0. The molecule has 6 heteroatoms. The summed E-state index contributed by atoms with van der Waals surface area (Å²) in [7, 11) is -3.93. The molecular weight excluding hydrogens is 420 g/mol. The van der Waals surface area contributed by atoms with Gasteiger partial charge in [0.1, 0.15) is 6.54 Å². The van der Waals surface area contributed by atoms with Crippen molar-refractivity contribution in [3.8, 4) is 0 Å². The van der Waals surface area contributed by atoms with E-state index in [9.17, 15) is 13.2 Å². The Hall–Kier alpha value is -3.12. The number of amides is 1. The lowest BCUT2D eigenvalue weighted by atomic mass is 10.0. The predicted molar refractivity (Wildman–Crippen MR) is 131 cm³/mol. The zero-order chi connectivity index (χ0) is 23.5. The van der Waals surface area contributed by atoms with E-state index in [1.54, 1.807) is 36.4 Å². The van der Waals surface area contributed by atoms with Crippen molar-refractivity contribution in [2.75, 3.05) is 16.2 Å². The number of benzene rings is 3. The van der Waals surface area contributed by atoms with Crippen molar-refractivity contribution in [2.24, 2.45) is 0 Å². The molecule has 32 heavy (non-hydrogen) atoms. The Bertz CT molecular complexity index is 1200. The van der Waals surface area contributed by atoms with Gasteiger partial charge < -0.3 is 5.32 Å². The normalized spacial score (nSPS) is 11.4. The molecule has 0 atom stereocenters. The number of hydrogen-bond donors (Lipinski definition) is 1. The standard InChI is InChI=1S/C26H30N2O3S/c1-18(2)22-9-11-23(12-10-22)27-26(29)17-28(24-13-8-20(4)21(5)16-24)32(30,31)25-14-6-19(3)7-15-25/h6-16,18H,17H2,1-5H3,(H,27,29). The van der Waals surface area contributed by atoms with Crippen molar-refractivity contribution in [1.29, 1.82) is 0 Å². The number of anilines is 2. The molecule has 3 aromatic carbocycles. The summed E-state index contributed by atoms with van der Waals surface area (Å²) in [6, 6.07) is 19.6. The molecule has 1 N–H and O–H groups in total. The summed E-state index contributed by atoms with van der Waals surface area (Å²) >= 11 is 0. The van der Waals surface area contributed by atoms with Gasteiger partial charge in [-0.3, -0.25) is 9.10 Å². The fourth-order valence-corrected chi connectivity index (χ4v) is 4.73. The Morgan fingerprint density at radius 1 is 0.875 bits per heavy atom. The molecular formula is C26H30N2O3S. The quantitative estimate of drug-likeness (QED) is 0.512. The molecule has 0 aromatic heterocycles. The maximum atomic E-state index is 13.5. The van der Waals surface area contributed by atoms with Gasteiger partial charge in [0.2, 0.25) is 5.91 Å². The van der Waals surface area contributed by atoms with Crippen LogP contribution in [0.25, 0.3) is 0 Å². The summed E-state index contributed by atoms with van der Waals surface area (Å²) in [5.41, 5.74) is 5.23. The number of sulfonamides is 1. The van der Waals surface area contributed by atoms with Crippen LogP contribution in [0.4, 0.5) is 11.4 Å². The van der Waals surface area contributed by atoms with Crippen LogP contribution in [0.1, 0.15) is 42.0 Å². The molecule has 0 saturated carbocycles. The third kappa shape index (κ3) is 5.37. The molecule has 0 saturated heterocycles. The maximum absolute atomic E-state index is 13.5. The minimum Gasteiger partial charge on any atom is -0.325 e. The Kier molecular flexibility index (Phi) is 7.04. The van der Waals surface area contributed by atoms with Crippen LogP contribution in [0.15, 0.2) is 71.6 Å². The Balaban J connectivity index is 1.92. The zero-order valence-corrected chi connectivity index (χ0v) is 20.0. The fraction of sp³-hybridized carbons (Fsp3) is 0.269. The molecule has 0 heterocycles. The van der Waals surface area contributed by atoms with Gasteiger partial charge in [-0.2, -0.15) is 0 Å². The molecule has 0 aliphatic rings. The van der Waals surface area contributed by atoms with Gasteiger partial charge in [0.25, 0.3) is 10.0 Å². The first-order valence-corrected chi connectivity index (χ1v) is 12.1. The summed E-state index contributed by atoms with van der Waals surface area (Å²) < 4.78 is 28.2. The highest BCUT2D eigenvalue weighted by Gasteiger charge is 2.27. The van der Waals surface area contributed by atoms with Gasteiger partial charge in [0.15, 0.2) is 0 Å². The summed E-state index contributed by atoms with van der Waals surface area (Å²) in [5, 5.41) is 2.82. The molecule has 0 radical (unpaired) electrons. The van der Waals surface area contributed by atoms with Gasteiger partial charge in [-0.1, -0.05) is 49.7 Å². The van der Waals surface area contributed by atoms with Crippen molar-refractivity contribution in [2.45, 2.75) is 45.4 Å². The molecule has 3 aromatic rings. The molecule has 0 aliphatic heterocycles. The number of hydrogen-bond acceptors (Lipinski definition) is 3. The van der Waals surface area contributed by atoms with Gasteiger partial charge in [-0.05, 0) is 79.8 Å². The van der Waals surface area contributed by atoms with E-state index in [1.165, 1.54) is 9.87 Å². The van der Waals surface area contributed by atoms with E-state index in [-0.39, 0.29) is 11.4 Å². The van der Waals surface area contributed by atoms with E-state index in [4.69, 9.17) is 0 Å². The Morgan fingerprint density at radius 3 is 2.06 bits per heavy atom. The van der Waals surface area contributed by atoms with Gasteiger partial charge in [-0.15, -0.1) is 0 Å². The van der Waals surface area contributed by atoms with Crippen LogP contribution in [0.5, 0.6) is 0 Å². The molecule has 0 fully saturated rings. The lowest BCUT2D eigenvalue weighted by molar-refractivity contribution is -0.114. The molecule has 0 spiro atoms. The summed E-state index contributed by atoms with van der Waals surface area (Å²) in [4.78, 5) is 13.0. The molecule has 3 rings (SSSR count). The molecule has 1 amide bonds. The van der Waals surface area contributed by atoms with Gasteiger partial charge in [0, 0.05) is 5.69 Å². The van der Waals surface area contributed by atoms with Crippen molar-refractivity contribution >= 4 is 27.3 Å². The average Bonchev–Trinajstić information content (AvgIpc) is 2.74. The first-order chi connectivity index (χ1) is 15.1. The van der Waals surface area contributed by atoms with E-state index in [2.05, 4.69) is 19.2 Å². The highest BCUT2D eigenvalue weighted by atomic mass is 32.2. The fourth-order valence-electron chi connectivity index (χ4n) is 3.32. The van der Waals surface area contributed by atoms with Crippen LogP contribution in [0.3, 0.4) is 0 Å². The summed E-state index contributed by atoms with van der Waals surface area (Å²) in [6.45, 7) is 9.66. The van der Waals surface area contributed by atoms with Crippen LogP contribution >= 0.6 is 0 Å². The first-order valence-electron chi connectivity index (χ1n) is 10.6. The Labute approximate surface area is 191 Å². The zero-order valence-electron chi connectivity index (χ0n) is 19.2. The molecule has 0 aliphatic carbocycles. The van der Waals surface area contributed by atoms with Crippen molar-refractivity contribution in [3.05, 3.63) is 89.0 Å². The SMILES string of the molecule is Cc1ccc(S(=O)(=O)N(CC(=O)Nc2ccc(C(C)C)cc2)c2ccc(C)c(C)c2)cc1. The van der Waals surface area contributed by atoms with Gasteiger partial charge in [0.05, 0.1) is 10.6 Å². The highest BCUT2D eigenvalue weighted by Crippen LogP contribution is 2.26. The highest BCUT2D eigenvalue weighted by molar-refractivity contribution is 7.92. The predicted octanol–water partition coefficient (Wildman–Crippen LogP) is 5.57. The molecule has 0 unspecified atom stereocenters. The van der Waals surface area contributed by atoms with Gasteiger partial charge in [-0.25, -0.2) is 8.42 Å². The van der Waals surface area contributed by atoms with Crippen LogP contribution in [0, 0.1) is 20.8 Å². The number of nitrogens with one attached hydrogen (secondary N) is 1. The van der Waals surface area contributed by atoms with Crippen LogP contribution in [-0.4, -0.2) is 20.9 Å². The second-order valence-electron chi connectivity index (χ2n) is 8.42. The molecule has 168 valence electrons. The average molecular weight is 451 g/mol. The monoisotopic (exact) mass is 450 g/mol. The lowest BCUT2D eigenvalue weighted by Gasteiger charge is -2.25. The minimum absolute atomic E-state index is 0.149. The van der Waals surface area contributed by atoms with Crippen molar-refractivity contribution in [3.63, 3.8) is 0 Å².